The van der Waals surface area contributed by atoms with E-state index < -0.39 is 0 Å². The van der Waals surface area contributed by atoms with Crippen LogP contribution in [0.1, 0.15) is 40.7 Å². The summed E-state index contributed by atoms with van der Waals surface area (Å²) in [4.78, 5) is 26.4. The summed E-state index contributed by atoms with van der Waals surface area (Å²) in [6.45, 7) is 1.45. The normalized spacial score (nSPS) is 16.5. The number of Topliss-reactive ketones (excluding diaryl/α,β-unsaturated/α-hetero) is 1. The SMILES string of the molecule is O=C(CCC(=O)N1CC[C@@H](Cc2cccc(CO)c2)C1)c1ccc(F)cc1. The van der Waals surface area contributed by atoms with E-state index in [-0.39, 0.29) is 37.0 Å². The maximum absolute atomic E-state index is 12.9. The Morgan fingerprint density at radius 2 is 1.81 bits per heavy atom. The number of nitrogens with zero attached hydrogens (tertiary/aromatic N) is 1. The van der Waals surface area contributed by atoms with Crippen molar-refractivity contribution >= 4 is 11.7 Å². The van der Waals surface area contributed by atoms with Crippen molar-refractivity contribution < 1.29 is 19.1 Å². The number of likely N-dealkylation sites (tertiary alicyclic amines) is 1. The van der Waals surface area contributed by atoms with Gasteiger partial charge < -0.3 is 10.0 Å². The van der Waals surface area contributed by atoms with Crippen molar-refractivity contribution in [3.05, 3.63) is 71.0 Å². The van der Waals surface area contributed by atoms with Crippen molar-refractivity contribution in [2.45, 2.75) is 32.3 Å². The first-order valence-electron chi connectivity index (χ1n) is 9.30. The van der Waals surface area contributed by atoms with Gasteiger partial charge in [-0.1, -0.05) is 24.3 Å². The molecule has 2 aromatic carbocycles. The number of aliphatic hydroxyl groups excluding tert-OH is 1. The quantitative estimate of drug-likeness (QED) is 0.762. The first-order chi connectivity index (χ1) is 13.0. The zero-order valence-corrected chi connectivity index (χ0v) is 15.2. The molecule has 0 unspecified atom stereocenters. The summed E-state index contributed by atoms with van der Waals surface area (Å²) < 4.78 is 12.9. The van der Waals surface area contributed by atoms with E-state index in [4.69, 9.17) is 0 Å². The Hall–Kier alpha value is -2.53. The van der Waals surface area contributed by atoms with Gasteiger partial charge in [-0.2, -0.15) is 0 Å². The third-order valence-corrected chi connectivity index (χ3v) is 5.07. The molecule has 0 spiro atoms. The van der Waals surface area contributed by atoms with Gasteiger partial charge in [0.25, 0.3) is 0 Å². The zero-order chi connectivity index (χ0) is 19.2. The third-order valence-electron chi connectivity index (χ3n) is 5.07. The summed E-state index contributed by atoms with van der Waals surface area (Å²) in [7, 11) is 0. The second-order valence-electron chi connectivity index (χ2n) is 7.11. The molecule has 1 heterocycles. The van der Waals surface area contributed by atoms with Gasteiger partial charge in [-0.25, -0.2) is 4.39 Å². The molecule has 4 nitrogen and oxygen atoms in total. The van der Waals surface area contributed by atoms with Crippen LogP contribution in [-0.2, 0) is 17.8 Å². The van der Waals surface area contributed by atoms with E-state index in [0.29, 0.717) is 24.6 Å². The van der Waals surface area contributed by atoms with Crippen molar-refractivity contribution in [2.24, 2.45) is 5.92 Å². The maximum atomic E-state index is 12.9. The highest BCUT2D eigenvalue weighted by atomic mass is 19.1. The molecule has 1 aliphatic rings. The van der Waals surface area contributed by atoms with E-state index in [0.717, 1.165) is 18.4 Å². The lowest BCUT2D eigenvalue weighted by Gasteiger charge is -2.16. The Morgan fingerprint density at radius 1 is 1.07 bits per heavy atom. The molecular weight excluding hydrogens is 345 g/mol. The van der Waals surface area contributed by atoms with E-state index >= 15 is 0 Å². The Balaban J connectivity index is 1.47. The highest BCUT2D eigenvalue weighted by molar-refractivity contribution is 5.97. The summed E-state index contributed by atoms with van der Waals surface area (Å²) in [6, 6.07) is 13.3. The molecule has 142 valence electrons. The molecule has 1 atom stereocenters. The minimum Gasteiger partial charge on any atom is -0.392 e. The average molecular weight is 369 g/mol. The first-order valence-corrected chi connectivity index (χ1v) is 9.30. The molecule has 2 aromatic rings. The van der Waals surface area contributed by atoms with E-state index in [1.165, 1.54) is 29.8 Å². The summed E-state index contributed by atoms with van der Waals surface area (Å²) >= 11 is 0. The van der Waals surface area contributed by atoms with Gasteiger partial charge in [0.1, 0.15) is 5.82 Å². The smallest absolute Gasteiger partial charge is 0.223 e. The number of aliphatic hydroxyl groups is 1. The minimum absolute atomic E-state index is 0.00271. The van der Waals surface area contributed by atoms with Gasteiger partial charge in [-0.05, 0) is 54.2 Å². The Morgan fingerprint density at radius 3 is 2.56 bits per heavy atom. The van der Waals surface area contributed by atoms with Crippen molar-refractivity contribution in [2.75, 3.05) is 13.1 Å². The standard InChI is InChI=1S/C22H24FNO3/c23-20-6-4-19(5-7-20)21(26)8-9-22(27)24-11-10-17(14-24)12-16-2-1-3-18(13-16)15-25/h1-7,13,17,25H,8-12,14-15H2/t17-/m0/s1. The number of rotatable bonds is 7. The second kappa shape index (κ2) is 8.91. The van der Waals surface area contributed by atoms with Gasteiger partial charge in [0.05, 0.1) is 6.61 Å². The predicted molar refractivity (Wildman–Crippen MR) is 101 cm³/mol. The van der Waals surface area contributed by atoms with Crippen LogP contribution in [0.15, 0.2) is 48.5 Å². The van der Waals surface area contributed by atoms with Crippen molar-refractivity contribution in [3.8, 4) is 0 Å². The third kappa shape index (κ3) is 5.23. The molecule has 1 aliphatic heterocycles. The Bertz CT molecular complexity index is 803. The molecule has 27 heavy (non-hydrogen) atoms. The largest absolute Gasteiger partial charge is 0.392 e. The van der Waals surface area contributed by atoms with Gasteiger partial charge >= 0.3 is 0 Å². The van der Waals surface area contributed by atoms with Crippen LogP contribution in [0.4, 0.5) is 4.39 Å². The van der Waals surface area contributed by atoms with Gasteiger partial charge in [0.15, 0.2) is 5.78 Å². The fourth-order valence-electron chi connectivity index (χ4n) is 3.57. The Kier molecular flexibility index (Phi) is 6.35. The summed E-state index contributed by atoms with van der Waals surface area (Å²) in [5.74, 6) is -0.122. The van der Waals surface area contributed by atoms with Crippen LogP contribution < -0.4 is 0 Å². The number of halogens is 1. The van der Waals surface area contributed by atoms with Crippen molar-refractivity contribution in [1.82, 2.24) is 4.90 Å². The predicted octanol–water partition coefficient (Wildman–Crippen LogP) is 3.37. The topological polar surface area (TPSA) is 57.6 Å². The van der Waals surface area contributed by atoms with Crippen LogP contribution in [0.25, 0.3) is 0 Å². The Labute approximate surface area is 158 Å². The van der Waals surface area contributed by atoms with E-state index in [1.807, 2.05) is 29.2 Å². The molecule has 1 N–H and O–H groups in total. The molecule has 0 radical (unpaired) electrons. The second-order valence-corrected chi connectivity index (χ2v) is 7.11. The van der Waals surface area contributed by atoms with Gasteiger partial charge in [-0.15, -0.1) is 0 Å². The number of ketones is 1. The number of benzene rings is 2. The number of carbonyl (C=O) groups is 2. The lowest BCUT2D eigenvalue weighted by molar-refractivity contribution is -0.130. The van der Waals surface area contributed by atoms with Crippen LogP contribution in [-0.4, -0.2) is 34.8 Å². The fraction of sp³-hybridized carbons (Fsp3) is 0.364. The molecule has 5 heteroatoms. The summed E-state index contributed by atoms with van der Waals surface area (Å²) in [5.41, 5.74) is 2.51. The molecule has 0 saturated carbocycles. The van der Waals surface area contributed by atoms with Gasteiger partial charge in [0.2, 0.25) is 5.91 Å². The van der Waals surface area contributed by atoms with Gasteiger partial charge in [-0.3, -0.25) is 9.59 Å². The molecule has 0 aromatic heterocycles. The molecular formula is C22H24FNO3. The van der Waals surface area contributed by atoms with Crippen LogP contribution >= 0.6 is 0 Å². The minimum atomic E-state index is -0.379. The highest BCUT2D eigenvalue weighted by Gasteiger charge is 2.26. The first kappa shape index (κ1) is 19.2. The molecule has 1 amide bonds. The molecule has 1 saturated heterocycles. The average Bonchev–Trinajstić information content (AvgIpc) is 3.15. The van der Waals surface area contributed by atoms with E-state index in [2.05, 4.69) is 0 Å². The van der Waals surface area contributed by atoms with Crippen LogP contribution in [0.5, 0.6) is 0 Å². The van der Waals surface area contributed by atoms with E-state index in [9.17, 15) is 19.1 Å². The molecule has 0 bridgehead atoms. The fourth-order valence-corrected chi connectivity index (χ4v) is 3.57. The molecule has 0 aliphatic carbocycles. The number of hydrogen-bond donors (Lipinski definition) is 1. The van der Waals surface area contributed by atoms with Crippen molar-refractivity contribution in [1.29, 1.82) is 0 Å². The van der Waals surface area contributed by atoms with Gasteiger partial charge in [0, 0.05) is 31.5 Å². The number of carbonyl (C=O) groups excluding carboxylic acids is 2. The summed E-state index contributed by atoms with van der Waals surface area (Å²) in [6.07, 6.45) is 2.15. The van der Waals surface area contributed by atoms with E-state index in [1.54, 1.807) is 0 Å². The number of hydrogen-bond acceptors (Lipinski definition) is 3. The van der Waals surface area contributed by atoms with Crippen LogP contribution in [0.2, 0.25) is 0 Å². The zero-order valence-electron chi connectivity index (χ0n) is 15.2. The lowest BCUT2D eigenvalue weighted by atomic mass is 9.97. The molecule has 1 fully saturated rings. The summed E-state index contributed by atoms with van der Waals surface area (Å²) in [5, 5.41) is 9.24. The van der Waals surface area contributed by atoms with Crippen LogP contribution in [0, 0.1) is 11.7 Å². The number of amides is 1. The van der Waals surface area contributed by atoms with Crippen LogP contribution in [0.3, 0.4) is 0 Å². The molecule has 3 rings (SSSR count). The van der Waals surface area contributed by atoms with Crippen molar-refractivity contribution in [3.63, 3.8) is 0 Å². The monoisotopic (exact) mass is 369 g/mol. The highest BCUT2D eigenvalue weighted by Crippen LogP contribution is 2.22. The lowest BCUT2D eigenvalue weighted by Crippen LogP contribution is -2.29. The maximum Gasteiger partial charge on any atom is 0.223 e.